The van der Waals surface area contributed by atoms with E-state index in [1.165, 1.54) is 0 Å². The standard InChI is InChI=1S/C19H27N5O2/c1-14-16(15(2)26-22-14)8-9-21-19(20-3)24-12-10-23(11-13-24)17-6-4-5-7-18(17)25/h4-7,25H,8-13H2,1-3H3,(H,20,21). The molecule has 1 aromatic carbocycles. The van der Waals surface area contributed by atoms with Crippen LogP contribution >= 0.6 is 0 Å². The summed E-state index contributed by atoms with van der Waals surface area (Å²) in [4.78, 5) is 8.88. The summed E-state index contributed by atoms with van der Waals surface area (Å²) in [5.41, 5.74) is 3.02. The molecule has 0 spiro atoms. The Hall–Kier alpha value is -2.70. The van der Waals surface area contributed by atoms with E-state index in [0.717, 1.165) is 67.8 Å². The largest absolute Gasteiger partial charge is 0.506 e. The zero-order chi connectivity index (χ0) is 18.5. The number of guanidine groups is 1. The van der Waals surface area contributed by atoms with Gasteiger partial charge in [0.1, 0.15) is 11.5 Å². The molecule has 7 heteroatoms. The van der Waals surface area contributed by atoms with E-state index in [0.29, 0.717) is 5.75 Å². The first-order valence-electron chi connectivity index (χ1n) is 9.00. The van der Waals surface area contributed by atoms with Crippen LogP contribution in [0, 0.1) is 13.8 Å². The highest BCUT2D eigenvalue weighted by molar-refractivity contribution is 5.80. The third kappa shape index (κ3) is 3.92. The van der Waals surface area contributed by atoms with E-state index in [1.54, 1.807) is 6.07 Å². The fourth-order valence-electron chi connectivity index (χ4n) is 3.38. The van der Waals surface area contributed by atoms with Crippen molar-refractivity contribution in [2.75, 3.05) is 44.7 Å². The Morgan fingerprint density at radius 3 is 2.58 bits per heavy atom. The van der Waals surface area contributed by atoms with Crippen LogP contribution in [0.4, 0.5) is 5.69 Å². The van der Waals surface area contributed by atoms with Gasteiger partial charge >= 0.3 is 0 Å². The lowest BCUT2D eigenvalue weighted by Crippen LogP contribution is -2.52. The van der Waals surface area contributed by atoms with Crippen molar-refractivity contribution in [1.29, 1.82) is 0 Å². The zero-order valence-electron chi connectivity index (χ0n) is 15.7. The number of aromatic nitrogens is 1. The number of benzene rings is 1. The van der Waals surface area contributed by atoms with Crippen molar-refractivity contribution >= 4 is 11.6 Å². The van der Waals surface area contributed by atoms with Gasteiger partial charge in [-0.15, -0.1) is 0 Å². The highest BCUT2D eigenvalue weighted by Crippen LogP contribution is 2.27. The first kappa shape index (κ1) is 18.1. The molecule has 0 radical (unpaired) electrons. The number of phenolic OH excluding ortho intramolecular Hbond substituents is 1. The van der Waals surface area contributed by atoms with Gasteiger partial charge in [-0.25, -0.2) is 0 Å². The molecule has 0 aliphatic carbocycles. The highest BCUT2D eigenvalue weighted by atomic mass is 16.5. The number of phenols is 1. The summed E-state index contributed by atoms with van der Waals surface area (Å²) in [7, 11) is 1.81. The molecule has 0 saturated carbocycles. The van der Waals surface area contributed by atoms with Gasteiger partial charge in [-0.05, 0) is 32.4 Å². The topological polar surface area (TPSA) is 77.1 Å². The Kier molecular flexibility index (Phi) is 5.65. The number of aliphatic imine (C=N–C) groups is 1. The van der Waals surface area contributed by atoms with Crippen LogP contribution in [-0.4, -0.2) is 60.9 Å². The molecule has 1 fully saturated rings. The molecule has 3 rings (SSSR count). The number of aryl methyl sites for hydroxylation is 2. The van der Waals surface area contributed by atoms with Crippen molar-refractivity contribution in [3.8, 4) is 5.75 Å². The lowest BCUT2D eigenvalue weighted by Gasteiger charge is -2.37. The van der Waals surface area contributed by atoms with Crippen LogP contribution in [-0.2, 0) is 6.42 Å². The molecule has 0 atom stereocenters. The minimum Gasteiger partial charge on any atom is -0.506 e. The van der Waals surface area contributed by atoms with Crippen molar-refractivity contribution < 1.29 is 9.63 Å². The predicted molar refractivity (Wildman–Crippen MR) is 103 cm³/mol. The van der Waals surface area contributed by atoms with E-state index >= 15 is 0 Å². The third-order valence-electron chi connectivity index (χ3n) is 4.85. The number of hydrogen-bond donors (Lipinski definition) is 2. The Labute approximate surface area is 154 Å². The van der Waals surface area contributed by atoms with Gasteiger partial charge in [0, 0.05) is 45.3 Å². The summed E-state index contributed by atoms with van der Waals surface area (Å²) in [5, 5.41) is 17.5. The van der Waals surface area contributed by atoms with Gasteiger partial charge in [-0.1, -0.05) is 17.3 Å². The second kappa shape index (κ2) is 8.12. The molecule has 0 unspecified atom stereocenters. The van der Waals surface area contributed by atoms with E-state index in [2.05, 4.69) is 25.3 Å². The van der Waals surface area contributed by atoms with Crippen LogP contribution in [0.3, 0.4) is 0 Å². The summed E-state index contributed by atoms with van der Waals surface area (Å²) < 4.78 is 5.21. The molecule has 2 aromatic rings. The fraction of sp³-hybridized carbons (Fsp3) is 0.474. The second-order valence-corrected chi connectivity index (χ2v) is 6.49. The second-order valence-electron chi connectivity index (χ2n) is 6.49. The van der Waals surface area contributed by atoms with Gasteiger partial charge in [0.15, 0.2) is 5.96 Å². The number of nitrogens with one attached hydrogen (secondary N) is 1. The molecule has 7 nitrogen and oxygen atoms in total. The number of hydrogen-bond acceptors (Lipinski definition) is 5. The van der Waals surface area contributed by atoms with Gasteiger partial charge < -0.3 is 24.7 Å². The lowest BCUT2D eigenvalue weighted by molar-refractivity contribution is 0.370. The fourth-order valence-corrected chi connectivity index (χ4v) is 3.38. The number of anilines is 1. The number of rotatable bonds is 4. The summed E-state index contributed by atoms with van der Waals surface area (Å²) >= 11 is 0. The zero-order valence-corrected chi connectivity index (χ0v) is 15.7. The molecule has 140 valence electrons. The minimum atomic E-state index is 0.336. The van der Waals surface area contributed by atoms with E-state index < -0.39 is 0 Å². The number of nitrogens with zero attached hydrogens (tertiary/aromatic N) is 4. The van der Waals surface area contributed by atoms with Gasteiger partial charge in [-0.3, -0.25) is 4.99 Å². The Morgan fingerprint density at radius 1 is 1.23 bits per heavy atom. The average molecular weight is 357 g/mol. The Bertz CT molecular complexity index is 744. The van der Waals surface area contributed by atoms with E-state index in [9.17, 15) is 5.11 Å². The molecule has 0 bridgehead atoms. The summed E-state index contributed by atoms with van der Waals surface area (Å²) in [6.45, 7) is 8.12. The summed E-state index contributed by atoms with van der Waals surface area (Å²) in [6.07, 6.45) is 0.859. The smallest absolute Gasteiger partial charge is 0.193 e. The number of aromatic hydroxyl groups is 1. The lowest BCUT2D eigenvalue weighted by atomic mass is 10.1. The Morgan fingerprint density at radius 2 is 1.96 bits per heavy atom. The predicted octanol–water partition coefficient (Wildman–Crippen LogP) is 1.94. The number of piperazine rings is 1. The van der Waals surface area contributed by atoms with Crippen molar-refractivity contribution in [3.05, 3.63) is 41.3 Å². The molecule has 1 aromatic heterocycles. The number of para-hydroxylation sites is 2. The van der Waals surface area contributed by atoms with Gasteiger partial charge in [0.05, 0.1) is 11.4 Å². The van der Waals surface area contributed by atoms with Crippen LogP contribution in [0.15, 0.2) is 33.8 Å². The quantitative estimate of drug-likeness (QED) is 0.643. The average Bonchev–Trinajstić information content (AvgIpc) is 2.98. The highest BCUT2D eigenvalue weighted by Gasteiger charge is 2.21. The molecule has 2 N–H and O–H groups in total. The van der Waals surface area contributed by atoms with Crippen LogP contribution in [0.1, 0.15) is 17.0 Å². The van der Waals surface area contributed by atoms with Crippen LogP contribution in [0.2, 0.25) is 0 Å². The molecule has 26 heavy (non-hydrogen) atoms. The molecule has 1 aliphatic rings. The molecule has 1 saturated heterocycles. The normalized spacial score (nSPS) is 15.4. The molecule has 0 amide bonds. The third-order valence-corrected chi connectivity index (χ3v) is 4.85. The van der Waals surface area contributed by atoms with Crippen molar-refractivity contribution in [2.24, 2.45) is 4.99 Å². The van der Waals surface area contributed by atoms with Crippen LogP contribution in [0.25, 0.3) is 0 Å². The molecule has 2 heterocycles. The maximum Gasteiger partial charge on any atom is 0.193 e. The maximum absolute atomic E-state index is 10.0. The van der Waals surface area contributed by atoms with Crippen molar-refractivity contribution in [1.82, 2.24) is 15.4 Å². The molecule has 1 aliphatic heterocycles. The monoisotopic (exact) mass is 357 g/mol. The summed E-state index contributed by atoms with van der Waals surface area (Å²) in [6, 6.07) is 7.50. The minimum absolute atomic E-state index is 0.336. The maximum atomic E-state index is 10.0. The van der Waals surface area contributed by atoms with Crippen LogP contribution in [0.5, 0.6) is 5.75 Å². The molecular formula is C19H27N5O2. The van der Waals surface area contributed by atoms with Crippen LogP contribution < -0.4 is 10.2 Å². The van der Waals surface area contributed by atoms with E-state index in [-0.39, 0.29) is 0 Å². The summed E-state index contributed by atoms with van der Waals surface area (Å²) in [5.74, 6) is 2.13. The van der Waals surface area contributed by atoms with E-state index in [1.807, 2.05) is 39.1 Å². The van der Waals surface area contributed by atoms with Crippen molar-refractivity contribution in [2.45, 2.75) is 20.3 Å². The Balaban J connectivity index is 1.52. The first-order valence-corrected chi connectivity index (χ1v) is 9.00. The van der Waals surface area contributed by atoms with Crippen molar-refractivity contribution in [3.63, 3.8) is 0 Å². The van der Waals surface area contributed by atoms with Gasteiger partial charge in [0.2, 0.25) is 0 Å². The van der Waals surface area contributed by atoms with Gasteiger partial charge in [-0.2, -0.15) is 0 Å². The first-order chi connectivity index (χ1) is 12.6. The van der Waals surface area contributed by atoms with E-state index in [4.69, 9.17) is 4.52 Å². The molecular weight excluding hydrogens is 330 g/mol. The van der Waals surface area contributed by atoms with Gasteiger partial charge in [0.25, 0.3) is 0 Å². The SMILES string of the molecule is CN=C(NCCc1c(C)noc1C)N1CCN(c2ccccc2O)CC1.